The van der Waals surface area contributed by atoms with Gasteiger partial charge in [0.05, 0.1) is 10.7 Å². The van der Waals surface area contributed by atoms with E-state index in [0.717, 1.165) is 5.56 Å². The van der Waals surface area contributed by atoms with E-state index in [0.29, 0.717) is 22.1 Å². The van der Waals surface area contributed by atoms with Gasteiger partial charge in [0.15, 0.2) is 5.82 Å². The van der Waals surface area contributed by atoms with Crippen molar-refractivity contribution in [3.63, 3.8) is 0 Å². The van der Waals surface area contributed by atoms with Crippen LogP contribution in [0.2, 0.25) is 0 Å². The summed E-state index contributed by atoms with van der Waals surface area (Å²) >= 11 is 1.17. The Balaban J connectivity index is 1.49. The molecule has 0 saturated carbocycles. The molecule has 2 amide bonds. The molecule has 9 nitrogen and oxygen atoms in total. The van der Waals surface area contributed by atoms with E-state index in [2.05, 4.69) is 20.8 Å². The van der Waals surface area contributed by atoms with Crippen LogP contribution in [0, 0.1) is 17.0 Å². The van der Waals surface area contributed by atoms with Gasteiger partial charge in [0.2, 0.25) is 5.91 Å². The molecule has 3 aromatic rings. The molecule has 0 fully saturated rings. The van der Waals surface area contributed by atoms with Crippen molar-refractivity contribution in [3.05, 3.63) is 81.9 Å². The number of non-ortho nitro benzene ring substituents is 1. The number of nitrogens with zero attached hydrogens (tertiary/aromatic N) is 3. The first-order chi connectivity index (χ1) is 14.4. The number of thioether (sulfide) groups is 1. The number of hydrogen-bond donors (Lipinski definition) is 2. The monoisotopic (exact) mass is 423 g/mol. The van der Waals surface area contributed by atoms with Gasteiger partial charge in [-0.1, -0.05) is 29.5 Å². The minimum atomic E-state index is -0.507. The van der Waals surface area contributed by atoms with E-state index in [-0.39, 0.29) is 23.3 Å². The molecule has 152 valence electrons. The molecule has 3 rings (SSSR count). The van der Waals surface area contributed by atoms with Gasteiger partial charge >= 0.3 is 0 Å². The van der Waals surface area contributed by atoms with Crippen molar-refractivity contribution in [2.24, 2.45) is 0 Å². The molecule has 0 aliphatic carbocycles. The highest BCUT2D eigenvalue weighted by Crippen LogP contribution is 2.18. The van der Waals surface area contributed by atoms with Gasteiger partial charge in [0.1, 0.15) is 5.03 Å². The van der Waals surface area contributed by atoms with Gasteiger partial charge in [-0.25, -0.2) is 0 Å². The third-order valence-electron chi connectivity index (χ3n) is 3.91. The van der Waals surface area contributed by atoms with Gasteiger partial charge < -0.3 is 10.6 Å². The van der Waals surface area contributed by atoms with Gasteiger partial charge in [-0.05, 0) is 43.3 Å². The van der Waals surface area contributed by atoms with Crippen molar-refractivity contribution in [2.45, 2.75) is 11.9 Å². The number of aryl methyl sites for hydroxylation is 1. The summed E-state index contributed by atoms with van der Waals surface area (Å²) in [5, 5.41) is 24.4. The molecule has 2 aromatic carbocycles. The van der Waals surface area contributed by atoms with Crippen molar-refractivity contribution in [1.82, 2.24) is 10.2 Å². The molecule has 10 heteroatoms. The Labute approximate surface area is 176 Å². The van der Waals surface area contributed by atoms with Crippen molar-refractivity contribution in [2.75, 3.05) is 16.4 Å². The molecule has 0 unspecified atom stereocenters. The minimum absolute atomic E-state index is 0.0489. The highest BCUT2D eigenvalue weighted by molar-refractivity contribution is 7.99. The molecule has 0 bridgehead atoms. The average Bonchev–Trinajstić information content (AvgIpc) is 2.74. The van der Waals surface area contributed by atoms with Crippen molar-refractivity contribution in [3.8, 4) is 0 Å². The highest BCUT2D eigenvalue weighted by atomic mass is 32.2. The lowest BCUT2D eigenvalue weighted by atomic mass is 10.1. The number of benzene rings is 2. The Hall–Kier alpha value is -3.79. The number of nitro groups is 1. The molecule has 1 aromatic heterocycles. The number of nitro benzene ring substituents is 1. The number of aromatic nitrogens is 2. The van der Waals surface area contributed by atoms with Gasteiger partial charge in [-0.3, -0.25) is 19.7 Å². The maximum Gasteiger partial charge on any atom is 0.269 e. The predicted molar refractivity (Wildman–Crippen MR) is 114 cm³/mol. The summed E-state index contributed by atoms with van der Waals surface area (Å²) in [7, 11) is 0. The van der Waals surface area contributed by atoms with Crippen LogP contribution in [0.15, 0.2) is 65.7 Å². The summed E-state index contributed by atoms with van der Waals surface area (Å²) in [6.07, 6.45) is 0. The van der Waals surface area contributed by atoms with Crippen LogP contribution in [0.25, 0.3) is 0 Å². The maximum absolute atomic E-state index is 12.2. The molecule has 0 aliphatic rings. The van der Waals surface area contributed by atoms with Crippen LogP contribution in [0.1, 0.15) is 15.9 Å². The van der Waals surface area contributed by atoms with Crippen LogP contribution in [0.5, 0.6) is 0 Å². The normalized spacial score (nSPS) is 10.3. The fourth-order valence-corrected chi connectivity index (χ4v) is 2.97. The highest BCUT2D eigenvalue weighted by Gasteiger charge is 2.09. The summed E-state index contributed by atoms with van der Waals surface area (Å²) in [5.41, 5.74) is 1.99. The lowest BCUT2D eigenvalue weighted by Gasteiger charge is -2.06. The summed E-state index contributed by atoms with van der Waals surface area (Å²) in [5.74, 6) is -0.180. The molecule has 0 aliphatic heterocycles. The number of amides is 2. The number of nitrogens with one attached hydrogen (secondary N) is 2. The van der Waals surface area contributed by atoms with Crippen molar-refractivity contribution < 1.29 is 14.5 Å². The SMILES string of the molecule is Cc1ccc(C(=O)Nc2ccc(SCC(=O)Nc3ccc([N+](=O)[O-])cc3)nn2)cc1. The van der Waals surface area contributed by atoms with E-state index >= 15 is 0 Å². The number of carbonyl (C=O) groups is 2. The number of anilines is 2. The summed E-state index contributed by atoms with van der Waals surface area (Å²) < 4.78 is 0. The molecule has 0 saturated heterocycles. The van der Waals surface area contributed by atoms with E-state index < -0.39 is 4.92 Å². The van der Waals surface area contributed by atoms with Crippen LogP contribution < -0.4 is 10.6 Å². The van der Waals surface area contributed by atoms with Gasteiger partial charge in [0.25, 0.3) is 11.6 Å². The van der Waals surface area contributed by atoms with Crippen LogP contribution >= 0.6 is 11.8 Å². The third kappa shape index (κ3) is 5.85. The zero-order valence-electron chi connectivity index (χ0n) is 15.9. The Morgan fingerprint density at radius 3 is 2.27 bits per heavy atom. The minimum Gasteiger partial charge on any atom is -0.325 e. The Morgan fingerprint density at radius 1 is 0.967 bits per heavy atom. The van der Waals surface area contributed by atoms with Crippen molar-refractivity contribution in [1.29, 1.82) is 0 Å². The number of rotatable bonds is 7. The largest absolute Gasteiger partial charge is 0.325 e. The topological polar surface area (TPSA) is 127 Å². The van der Waals surface area contributed by atoms with E-state index in [1.54, 1.807) is 24.3 Å². The number of carbonyl (C=O) groups excluding carboxylic acids is 2. The lowest BCUT2D eigenvalue weighted by molar-refractivity contribution is -0.384. The number of hydrogen-bond acceptors (Lipinski definition) is 7. The second-order valence-electron chi connectivity index (χ2n) is 6.22. The molecule has 0 atom stereocenters. The van der Waals surface area contributed by atoms with Crippen LogP contribution in [-0.2, 0) is 4.79 Å². The standard InChI is InChI=1S/C20H17N5O4S/c1-13-2-4-14(5-3-13)20(27)22-17-10-11-19(24-23-17)30-12-18(26)21-15-6-8-16(9-7-15)25(28)29/h2-11H,12H2,1H3,(H,21,26)(H,22,23,27). The lowest BCUT2D eigenvalue weighted by Crippen LogP contribution is -2.14. The molecule has 0 radical (unpaired) electrons. The van der Waals surface area contributed by atoms with Gasteiger partial charge in [-0.15, -0.1) is 10.2 Å². The van der Waals surface area contributed by atoms with Crippen LogP contribution in [0.3, 0.4) is 0 Å². The quantitative estimate of drug-likeness (QED) is 0.337. The first-order valence-corrected chi connectivity index (χ1v) is 9.78. The summed E-state index contributed by atoms with van der Waals surface area (Å²) in [6, 6.07) is 16.0. The first kappa shape index (κ1) is 20.9. The van der Waals surface area contributed by atoms with E-state index in [9.17, 15) is 19.7 Å². The molecule has 0 spiro atoms. The fourth-order valence-electron chi connectivity index (χ4n) is 2.36. The second-order valence-corrected chi connectivity index (χ2v) is 7.21. The Morgan fingerprint density at radius 2 is 1.67 bits per heavy atom. The average molecular weight is 423 g/mol. The molecule has 1 heterocycles. The van der Waals surface area contributed by atoms with E-state index in [1.165, 1.54) is 36.0 Å². The summed E-state index contributed by atoms with van der Waals surface area (Å²) in [6.45, 7) is 1.94. The molecule has 30 heavy (non-hydrogen) atoms. The Kier molecular flexibility index (Phi) is 6.71. The second kappa shape index (κ2) is 9.61. The molecular formula is C20H17N5O4S. The van der Waals surface area contributed by atoms with E-state index in [1.807, 2.05) is 19.1 Å². The third-order valence-corrected chi connectivity index (χ3v) is 4.83. The zero-order chi connectivity index (χ0) is 21.5. The molecule has 2 N–H and O–H groups in total. The van der Waals surface area contributed by atoms with Crippen molar-refractivity contribution >= 4 is 40.8 Å². The van der Waals surface area contributed by atoms with Gasteiger partial charge in [-0.2, -0.15) is 0 Å². The van der Waals surface area contributed by atoms with Gasteiger partial charge in [0, 0.05) is 23.4 Å². The first-order valence-electron chi connectivity index (χ1n) is 8.79. The molecular weight excluding hydrogens is 406 g/mol. The summed E-state index contributed by atoms with van der Waals surface area (Å²) in [4.78, 5) is 34.3. The van der Waals surface area contributed by atoms with Crippen LogP contribution in [0.4, 0.5) is 17.2 Å². The van der Waals surface area contributed by atoms with E-state index in [4.69, 9.17) is 0 Å². The smallest absolute Gasteiger partial charge is 0.269 e. The maximum atomic E-state index is 12.2. The predicted octanol–water partition coefficient (Wildman–Crippen LogP) is 3.68. The zero-order valence-corrected chi connectivity index (χ0v) is 16.7. The van der Waals surface area contributed by atoms with Crippen LogP contribution in [-0.4, -0.2) is 32.7 Å². The fraction of sp³-hybridized carbons (Fsp3) is 0.100. The Bertz CT molecular complexity index is 1050.